The van der Waals surface area contributed by atoms with Crippen LogP contribution in [0.2, 0.25) is 10.0 Å². The van der Waals surface area contributed by atoms with Gasteiger partial charge in [0, 0.05) is 12.6 Å². The third-order valence-electron chi connectivity index (χ3n) is 4.47. The van der Waals surface area contributed by atoms with Crippen LogP contribution in [0.3, 0.4) is 0 Å². The Bertz CT molecular complexity index is 1100. The van der Waals surface area contributed by atoms with E-state index >= 15 is 0 Å². The number of benzene rings is 2. The second-order valence-corrected chi connectivity index (χ2v) is 9.94. The first-order valence-electron chi connectivity index (χ1n) is 8.96. The molecule has 0 bridgehead atoms. The summed E-state index contributed by atoms with van der Waals surface area (Å²) < 4.78 is 31.7. The molecular formula is C20H21Cl2N3O3S. The molecule has 0 atom stereocenters. The van der Waals surface area contributed by atoms with Gasteiger partial charge in [-0.1, -0.05) is 72.5 Å². The molecule has 9 heteroatoms. The van der Waals surface area contributed by atoms with E-state index in [0.717, 1.165) is 5.56 Å². The molecule has 3 rings (SSSR count). The third kappa shape index (κ3) is 5.36. The van der Waals surface area contributed by atoms with E-state index in [9.17, 15) is 8.42 Å². The Morgan fingerprint density at radius 2 is 1.76 bits per heavy atom. The van der Waals surface area contributed by atoms with Gasteiger partial charge in [-0.15, -0.1) is 0 Å². The van der Waals surface area contributed by atoms with E-state index in [1.807, 2.05) is 24.3 Å². The lowest BCUT2D eigenvalue weighted by Crippen LogP contribution is -2.27. The van der Waals surface area contributed by atoms with Crippen LogP contribution in [-0.4, -0.2) is 29.9 Å². The highest BCUT2D eigenvalue weighted by molar-refractivity contribution is 7.88. The van der Waals surface area contributed by atoms with Crippen molar-refractivity contribution in [2.24, 2.45) is 0 Å². The molecular weight excluding hydrogens is 433 g/mol. The van der Waals surface area contributed by atoms with Crippen molar-refractivity contribution in [3.8, 4) is 11.4 Å². The SMILES string of the molecule is CC(C)c1ccc(-c2noc(CN(C)S(=O)(=O)Cc3ccc(Cl)c(Cl)c3)n2)cc1. The largest absolute Gasteiger partial charge is 0.338 e. The monoisotopic (exact) mass is 453 g/mol. The summed E-state index contributed by atoms with van der Waals surface area (Å²) >= 11 is 11.8. The molecule has 154 valence electrons. The van der Waals surface area contributed by atoms with Crippen molar-refractivity contribution in [1.29, 1.82) is 0 Å². The molecule has 0 fully saturated rings. The Morgan fingerprint density at radius 3 is 2.38 bits per heavy atom. The maximum atomic E-state index is 12.6. The highest BCUT2D eigenvalue weighted by Gasteiger charge is 2.22. The van der Waals surface area contributed by atoms with Gasteiger partial charge >= 0.3 is 0 Å². The lowest BCUT2D eigenvalue weighted by molar-refractivity contribution is 0.336. The zero-order chi connectivity index (χ0) is 21.2. The fraction of sp³-hybridized carbons (Fsp3) is 0.300. The van der Waals surface area contributed by atoms with Crippen LogP contribution in [0.4, 0.5) is 0 Å². The average Bonchev–Trinajstić information content (AvgIpc) is 3.13. The van der Waals surface area contributed by atoms with E-state index in [1.165, 1.54) is 16.9 Å². The molecule has 0 saturated heterocycles. The predicted octanol–water partition coefficient (Wildman–Crippen LogP) is 5.13. The molecule has 6 nitrogen and oxygen atoms in total. The van der Waals surface area contributed by atoms with Gasteiger partial charge in [-0.3, -0.25) is 0 Å². The van der Waals surface area contributed by atoms with E-state index < -0.39 is 10.0 Å². The van der Waals surface area contributed by atoms with Crippen molar-refractivity contribution in [1.82, 2.24) is 14.4 Å². The van der Waals surface area contributed by atoms with Crippen LogP contribution in [0.25, 0.3) is 11.4 Å². The van der Waals surface area contributed by atoms with E-state index in [-0.39, 0.29) is 18.2 Å². The molecule has 0 aliphatic carbocycles. The zero-order valence-corrected chi connectivity index (χ0v) is 18.6. The molecule has 0 aliphatic heterocycles. The molecule has 29 heavy (non-hydrogen) atoms. The number of rotatable bonds is 7. The van der Waals surface area contributed by atoms with E-state index in [1.54, 1.807) is 18.2 Å². The lowest BCUT2D eigenvalue weighted by Gasteiger charge is -2.15. The van der Waals surface area contributed by atoms with Crippen molar-refractivity contribution >= 4 is 33.2 Å². The highest BCUT2D eigenvalue weighted by Crippen LogP contribution is 2.25. The third-order valence-corrected chi connectivity index (χ3v) is 6.99. The quantitative estimate of drug-likeness (QED) is 0.495. The van der Waals surface area contributed by atoms with Crippen LogP contribution < -0.4 is 0 Å². The van der Waals surface area contributed by atoms with Crippen molar-refractivity contribution < 1.29 is 12.9 Å². The van der Waals surface area contributed by atoms with Crippen molar-refractivity contribution in [3.05, 3.63) is 69.5 Å². The molecule has 0 unspecified atom stereocenters. The van der Waals surface area contributed by atoms with Gasteiger partial charge in [-0.2, -0.15) is 9.29 Å². The molecule has 1 heterocycles. The minimum Gasteiger partial charge on any atom is -0.338 e. The molecule has 2 aromatic carbocycles. The number of sulfonamides is 1. The zero-order valence-electron chi connectivity index (χ0n) is 16.3. The summed E-state index contributed by atoms with van der Waals surface area (Å²) in [4.78, 5) is 4.32. The van der Waals surface area contributed by atoms with E-state index in [4.69, 9.17) is 27.7 Å². The van der Waals surface area contributed by atoms with Crippen LogP contribution in [0.15, 0.2) is 47.0 Å². The van der Waals surface area contributed by atoms with Gasteiger partial charge in [0.15, 0.2) is 0 Å². The second kappa shape index (κ2) is 8.83. The standard InChI is InChI=1S/C20H21Cl2N3O3S/c1-13(2)15-5-7-16(8-6-15)20-23-19(28-24-20)11-25(3)29(26,27)12-14-4-9-17(21)18(22)10-14/h4-10,13H,11-12H2,1-3H3. The summed E-state index contributed by atoms with van der Waals surface area (Å²) in [6.45, 7) is 4.21. The normalized spacial score (nSPS) is 12.1. The maximum absolute atomic E-state index is 12.6. The van der Waals surface area contributed by atoms with Gasteiger partial charge in [-0.25, -0.2) is 8.42 Å². The number of hydrogen-bond acceptors (Lipinski definition) is 5. The number of hydrogen-bond donors (Lipinski definition) is 0. The fourth-order valence-corrected chi connectivity index (χ4v) is 4.14. The fourth-order valence-electron chi connectivity index (χ4n) is 2.69. The summed E-state index contributed by atoms with van der Waals surface area (Å²) in [5.41, 5.74) is 2.57. The summed E-state index contributed by atoms with van der Waals surface area (Å²) in [5.74, 6) is 0.857. The van der Waals surface area contributed by atoms with Crippen molar-refractivity contribution in [2.75, 3.05) is 7.05 Å². The van der Waals surface area contributed by atoms with Crippen molar-refractivity contribution in [2.45, 2.75) is 32.1 Å². The topological polar surface area (TPSA) is 76.3 Å². The molecule has 0 spiro atoms. The smallest absolute Gasteiger partial charge is 0.242 e. The van der Waals surface area contributed by atoms with Crippen molar-refractivity contribution in [3.63, 3.8) is 0 Å². The summed E-state index contributed by atoms with van der Waals surface area (Å²) in [6.07, 6.45) is 0. The second-order valence-electron chi connectivity index (χ2n) is 7.05. The molecule has 0 amide bonds. The highest BCUT2D eigenvalue weighted by atomic mass is 35.5. The van der Waals surface area contributed by atoms with Gasteiger partial charge in [0.25, 0.3) is 0 Å². The molecule has 0 N–H and O–H groups in total. The van der Waals surface area contributed by atoms with Gasteiger partial charge in [0.1, 0.15) is 0 Å². The Labute approximate surface area is 180 Å². The van der Waals surface area contributed by atoms with Crippen LogP contribution in [0.5, 0.6) is 0 Å². The molecule has 0 saturated carbocycles. The van der Waals surface area contributed by atoms with Gasteiger partial charge in [0.05, 0.1) is 22.3 Å². The first kappa shape index (κ1) is 21.8. The minimum absolute atomic E-state index is 0.0271. The maximum Gasteiger partial charge on any atom is 0.242 e. The van der Waals surface area contributed by atoms with Gasteiger partial charge < -0.3 is 4.52 Å². The van der Waals surface area contributed by atoms with E-state index in [0.29, 0.717) is 27.4 Å². The van der Waals surface area contributed by atoms with Crippen LogP contribution in [-0.2, 0) is 22.3 Å². The number of halogens is 2. The molecule has 1 aromatic heterocycles. The molecule has 3 aromatic rings. The molecule has 0 radical (unpaired) electrons. The Hall–Kier alpha value is -1.93. The van der Waals surface area contributed by atoms with Gasteiger partial charge in [0.2, 0.25) is 21.7 Å². The summed E-state index contributed by atoms with van der Waals surface area (Å²) in [6, 6.07) is 12.6. The summed E-state index contributed by atoms with van der Waals surface area (Å²) in [7, 11) is -2.14. The molecule has 0 aliphatic rings. The lowest BCUT2D eigenvalue weighted by atomic mass is 10.0. The Kier molecular flexibility index (Phi) is 6.63. The summed E-state index contributed by atoms with van der Waals surface area (Å²) in [5, 5.41) is 4.65. The minimum atomic E-state index is -3.61. The number of nitrogens with zero attached hydrogens (tertiary/aromatic N) is 3. The Morgan fingerprint density at radius 1 is 1.07 bits per heavy atom. The average molecular weight is 454 g/mol. The van der Waals surface area contributed by atoms with Crippen LogP contribution >= 0.6 is 23.2 Å². The Balaban J connectivity index is 1.70. The van der Waals surface area contributed by atoms with E-state index in [2.05, 4.69) is 24.0 Å². The van der Waals surface area contributed by atoms with Crippen LogP contribution in [0, 0.1) is 0 Å². The van der Waals surface area contributed by atoms with Gasteiger partial charge in [-0.05, 0) is 29.2 Å². The van der Waals surface area contributed by atoms with Crippen LogP contribution in [0.1, 0.15) is 36.8 Å². The number of aromatic nitrogens is 2. The predicted molar refractivity (Wildman–Crippen MR) is 114 cm³/mol. The first-order chi connectivity index (χ1) is 13.7. The first-order valence-corrected chi connectivity index (χ1v) is 11.3.